The minimum absolute atomic E-state index is 0.343. The van der Waals surface area contributed by atoms with Crippen LogP contribution >= 0.6 is 0 Å². The number of hydrogen-bond donors (Lipinski definition) is 1. The highest BCUT2D eigenvalue weighted by Gasteiger charge is 2.32. The van der Waals surface area contributed by atoms with Crippen molar-refractivity contribution in [2.45, 2.75) is 50.9 Å². The van der Waals surface area contributed by atoms with Crippen LogP contribution < -0.4 is 5.32 Å². The van der Waals surface area contributed by atoms with Crippen molar-refractivity contribution in [2.75, 3.05) is 19.6 Å². The van der Waals surface area contributed by atoms with Crippen molar-refractivity contribution >= 4 is 0 Å². The van der Waals surface area contributed by atoms with Gasteiger partial charge in [-0.3, -0.25) is 4.90 Å². The number of aryl methyl sites for hydroxylation is 1. The third-order valence-corrected chi connectivity index (χ3v) is 4.22. The molecule has 0 saturated carbocycles. The molecule has 1 heterocycles. The lowest BCUT2D eigenvalue weighted by Crippen LogP contribution is -2.47. The molecule has 0 amide bonds. The van der Waals surface area contributed by atoms with Crippen molar-refractivity contribution in [1.82, 2.24) is 10.2 Å². The summed E-state index contributed by atoms with van der Waals surface area (Å²) in [6.07, 6.45) is -0.407. The van der Waals surface area contributed by atoms with Crippen LogP contribution in [0.2, 0.25) is 0 Å². The SMILES string of the molecule is CC(CCc1ccccc1)NC1CCN(CC(F)(F)F)CC1. The predicted molar refractivity (Wildman–Crippen MR) is 82.9 cm³/mol. The first-order valence-corrected chi connectivity index (χ1v) is 8.01. The fraction of sp³-hybridized carbons (Fsp3) is 0.647. The molecule has 0 radical (unpaired) electrons. The summed E-state index contributed by atoms with van der Waals surface area (Å²) in [5.41, 5.74) is 1.33. The smallest absolute Gasteiger partial charge is 0.311 e. The Morgan fingerprint density at radius 2 is 1.82 bits per heavy atom. The van der Waals surface area contributed by atoms with Gasteiger partial charge in [0.1, 0.15) is 0 Å². The van der Waals surface area contributed by atoms with Crippen LogP contribution in [0.5, 0.6) is 0 Å². The summed E-state index contributed by atoms with van der Waals surface area (Å²) >= 11 is 0. The Balaban J connectivity index is 1.65. The molecule has 2 rings (SSSR count). The third kappa shape index (κ3) is 6.36. The van der Waals surface area contributed by atoms with E-state index in [0.29, 0.717) is 25.2 Å². The quantitative estimate of drug-likeness (QED) is 0.863. The maximum absolute atomic E-state index is 12.4. The molecule has 124 valence electrons. The van der Waals surface area contributed by atoms with Crippen LogP contribution in [0.4, 0.5) is 13.2 Å². The van der Waals surface area contributed by atoms with Crippen molar-refractivity contribution in [2.24, 2.45) is 0 Å². The zero-order valence-electron chi connectivity index (χ0n) is 13.1. The molecule has 1 aromatic rings. The van der Waals surface area contributed by atoms with Crippen LogP contribution in [0.1, 0.15) is 31.7 Å². The summed E-state index contributed by atoms with van der Waals surface area (Å²) in [5, 5.41) is 3.56. The van der Waals surface area contributed by atoms with Crippen LogP contribution in [0.3, 0.4) is 0 Å². The molecule has 1 aliphatic rings. The standard InChI is InChI=1S/C17H25F3N2/c1-14(7-8-15-5-3-2-4-6-15)21-16-9-11-22(12-10-16)13-17(18,19)20/h2-6,14,16,21H,7-13H2,1H3. The summed E-state index contributed by atoms with van der Waals surface area (Å²) in [5.74, 6) is 0. The molecule has 1 unspecified atom stereocenters. The van der Waals surface area contributed by atoms with Gasteiger partial charge in [0, 0.05) is 12.1 Å². The second-order valence-electron chi connectivity index (χ2n) is 6.26. The zero-order chi connectivity index (χ0) is 16.0. The van der Waals surface area contributed by atoms with E-state index in [9.17, 15) is 13.2 Å². The van der Waals surface area contributed by atoms with Crippen molar-refractivity contribution in [3.05, 3.63) is 35.9 Å². The second kappa shape index (κ2) is 7.97. The number of hydrogen-bond acceptors (Lipinski definition) is 2. The largest absolute Gasteiger partial charge is 0.401 e. The molecule has 1 aliphatic heterocycles. The van der Waals surface area contributed by atoms with Gasteiger partial charge in [-0.15, -0.1) is 0 Å². The first-order valence-electron chi connectivity index (χ1n) is 8.01. The lowest BCUT2D eigenvalue weighted by Gasteiger charge is -2.34. The van der Waals surface area contributed by atoms with Gasteiger partial charge in [0.15, 0.2) is 0 Å². The number of halogens is 3. The highest BCUT2D eigenvalue weighted by molar-refractivity contribution is 5.14. The fourth-order valence-electron chi connectivity index (χ4n) is 3.02. The molecule has 0 bridgehead atoms. The van der Waals surface area contributed by atoms with E-state index in [1.807, 2.05) is 18.2 Å². The van der Waals surface area contributed by atoms with E-state index >= 15 is 0 Å². The molecule has 1 atom stereocenters. The highest BCUT2D eigenvalue weighted by atomic mass is 19.4. The van der Waals surface area contributed by atoms with E-state index in [2.05, 4.69) is 24.4 Å². The summed E-state index contributed by atoms with van der Waals surface area (Å²) < 4.78 is 37.1. The summed E-state index contributed by atoms with van der Waals surface area (Å²) in [6.45, 7) is 2.44. The molecule has 0 aliphatic carbocycles. The molecule has 1 N–H and O–H groups in total. The van der Waals surface area contributed by atoms with Crippen molar-refractivity contribution in [3.63, 3.8) is 0 Å². The Morgan fingerprint density at radius 3 is 2.41 bits per heavy atom. The number of alkyl halides is 3. The molecule has 22 heavy (non-hydrogen) atoms. The lowest BCUT2D eigenvalue weighted by molar-refractivity contribution is -0.148. The van der Waals surface area contributed by atoms with Gasteiger partial charge in [0.25, 0.3) is 0 Å². The Labute approximate surface area is 130 Å². The number of nitrogens with one attached hydrogen (secondary N) is 1. The number of rotatable bonds is 6. The second-order valence-corrected chi connectivity index (χ2v) is 6.26. The van der Waals surface area contributed by atoms with Gasteiger partial charge in [0.05, 0.1) is 6.54 Å². The zero-order valence-corrected chi connectivity index (χ0v) is 13.1. The van der Waals surface area contributed by atoms with Crippen LogP contribution in [-0.2, 0) is 6.42 Å². The van der Waals surface area contributed by atoms with Crippen molar-refractivity contribution in [3.8, 4) is 0 Å². The minimum Gasteiger partial charge on any atom is -0.311 e. The van der Waals surface area contributed by atoms with Crippen LogP contribution in [0.15, 0.2) is 30.3 Å². The number of piperidine rings is 1. The molecule has 0 spiro atoms. The summed E-state index contributed by atoms with van der Waals surface area (Å²) in [6, 6.07) is 11.1. The first-order chi connectivity index (χ1) is 10.4. The molecule has 0 aromatic heterocycles. The minimum atomic E-state index is -4.08. The number of benzene rings is 1. The highest BCUT2D eigenvalue weighted by Crippen LogP contribution is 2.20. The molecule has 1 saturated heterocycles. The van der Waals surface area contributed by atoms with Gasteiger partial charge >= 0.3 is 6.18 Å². The van der Waals surface area contributed by atoms with Gasteiger partial charge in [-0.1, -0.05) is 30.3 Å². The summed E-state index contributed by atoms with van der Waals surface area (Å²) in [4.78, 5) is 1.51. The van der Waals surface area contributed by atoms with Crippen LogP contribution in [-0.4, -0.2) is 42.8 Å². The maximum Gasteiger partial charge on any atom is 0.401 e. The van der Waals surface area contributed by atoms with Crippen LogP contribution in [0.25, 0.3) is 0 Å². The molecule has 2 nitrogen and oxygen atoms in total. The van der Waals surface area contributed by atoms with Gasteiger partial charge in [-0.05, 0) is 51.3 Å². The number of likely N-dealkylation sites (tertiary alicyclic amines) is 1. The average Bonchev–Trinajstić information content (AvgIpc) is 2.47. The Bertz CT molecular complexity index is 425. The average molecular weight is 314 g/mol. The van der Waals surface area contributed by atoms with E-state index < -0.39 is 12.7 Å². The predicted octanol–water partition coefficient (Wildman–Crippen LogP) is 3.62. The number of nitrogens with zero attached hydrogens (tertiary/aromatic N) is 1. The molecule has 1 aromatic carbocycles. The maximum atomic E-state index is 12.4. The third-order valence-electron chi connectivity index (χ3n) is 4.22. The molecule has 5 heteroatoms. The van der Waals surface area contributed by atoms with E-state index in [-0.39, 0.29) is 0 Å². The topological polar surface area (TPSA) is 15.3 Å². The summed E-state index contributed by atoms with van der Waals surface area (Å²) in [7, 11) is 0. The Morgan fingerprint density at radius 1 is 1.18 bits per heavy atom. The van der Waals surface area contributed by atoms with Gasteiger partial charge in [0.2, 0.25) is 0 Å². The van der Waals surface area contributed by atoms with E-state index in [0.717, 1.165) is 25.7 Å². The van der Waals surface area contributed by atoms with E-state index in [4.69, 9.17) is 0 Å². The Kier molecular flexibility index (Phi) is 6.26. The van der Waals surface area contributed by atoms with Gasteiger partial charge in [-0.2, -0.15) is 13.2 Å². The van der Waals surface area contributed by atoms with Crippen molar-refractivity contribution in [1.29, 1.82) is 0 Å². The normalized spacial score (nSPS) is 19.3. The molecule has 1 fully saturated rings. The monoisotopic (exact) mass is 314 g/mol. The van der Waals surface area contributed by atoms with Gasteiger partial charge in [-0.25, -0.2) is 0 Å². The molecular formula is C17H25F3N2. The molecular weight excluding hydrogens is 289 g/mol. The van der Waals surface area contributed by atoms with Gasteiger partial charge < -0.3 is 5.32 Å². The fourth-order valence-corrected chi connectivity index (χ4v) is 3.02. The lowest BCUT2D eigenvalue weighted by atomic mass is 10.0. The van der Waals surface area contributed by atoms with Crippen molar-refractivity contribution < 1.29 is 13.2 Å². The Hall–Kier alpha value is -1.07. The first kappa shape index (κ1) is 17.3. The van der Waals surface area contributed by atoms with E-state index in [1.54, 1.807) is 0 Å². The van der Waals surface area contributed by atoms with Crippen LogP contribution in [0, 0.1) is 0 Å². The van der Waals surface area contributed by atoms with E-state index in [1.165, 1.54) is 10.5 Å².